The molecule has 0 saturated carbocycles. The fraction of sp³-hybridized carbons (Fsp3) is 0.333. The predicted molar refractivity (Wildman–Crippen MR) is 77.1 cm³/mol. The second-order valence-corrected chi connectivity index (χ2v) is 9.42. The summed E-state index contributed by atoms with van der Waals surface area (Å²) in [6.07, 6.45) is 0. The Balaban J connectivity index is 2.83. The molecular weight excluding hydrogens is 224 g/mol. The lowest BCUT2D eigenvalue weighted by Crippen LogP contribution is -2.43. The number of rotatable bonds is 5. The average Bonchev–Trinajstić information content (AvgIpc) is 2.30. The first-order valence-electron chi connectivity index (χ1n) is 5.90. The molecule has 0 saturated heterocycles. The highest BCUT2D eigenvalue weighted by Gasteiger charge is 2.41. The van der Waals surface area contributed by atoms with Gasteiger partial charge in [-0.3, -0.25) is 0 Å². The van der Waals surface area contributed by atoms with E-state index in [1.807, 2.05) is 29.6 Å². The molecule has 0 bridgehead atoms. The van der Waals surface area contributed by atoms with Crippen LogP contribution < -0.4 is 0 Å². The molecule has 0 atom stereocenters. The van der Waals surface area contributed by atoms with E-state index in [9.17, 15) is 0 Å². The van der Waals surface area contributed by atoms with Crippen molar-refractivity contribution in [1.82, 2.24) is 0 Å². The van der Waals surface area contributed by atoms with E-state index in [1.165, 1.54) is 5.56 Å². The predicted octanol–water partition coefficient (Wildman–Crippen LogP) is 4.40. The van der Waals surface area contributed by atoms with Gasteiger partial charge in [-0.25, -0.2) is 0 Å². The summed E-state index contributed by atoms with van der Waals surface area (Å²) in [6.45, 7) is 15.1. The lowest BCUT2D eigenvalue weighted by Gasteiger charge is -2.37. The minimum absolute atomic E-state index is 0.0747. The van der Waals surface area contributed by atoms with Gasteiger partial charge in [0.2, 0.25) is 8.32 Å². The molecule has 2 heteroatoms. The van der Waals surface area contributed by atoms with Crippen molar-refractivity contribution >= 4 is 8.32 Å². The van der Waals surface area contributed by atoms with Crippen molar-refractivity contribution in [2.45, 2.75) is 32.4 Å². The zero-order valence-corrected chi connectivity index (χ0v) is 12.1. The highest BCUT2D eigenvalue weighted by atomic mass is 28.4. The van der Waals surface area contributed by atoms with Crippen molar-refractivity contribution in [2.24, 2.45) is 0 Å². The lowest BCUT2D eigenvalue weighted by atomic mass is 10.2. The molecule has 1 aromatic rings. The fourth-order valence-corrected chi connectivity index (χ4v) is 4.27. The molecule has 0 aromatic heterocycles. The third-order valence-corrected chi connectivity index (χ3v) is 7.28. The van der Waals surface area contributed by atoms with Crippen LogP contribution >= 0.6 is 0 Å². The van der Waals surface area contributed by atoms with Gasteiger partial charge in [0.1, 0.15) is 0 Å². The molecule has 0 unspecified atom stereocenters. The first-order valence-corrected chi connectivity index (χ1v) is 7.96. The summed E-state index contributed by atoms with van der Waals surface area (Å²) in [5, 5.41) is 0.0747. The Morgan fingerprint density at radius 2 is 1.65 bits per heavy atom. The summed E-state index contributed by atoms with van der Waals surface area (Å²) >= 11 is 0. The Morgan fingerprint density at radius 1 is 1.12 bits per heavy atom. The molecule has 0 fully saturated rings. The minimum Gasteiger partial charge on any atom is -0.404 e. The van der Waals surface area contributed by atoms with Gasteiger partial charge < -0.3 is 4.43 Å². The zero-order chi connectivity index (χ0) is 12.9. The van der Waals surface area contributed by atoms with E-state index in [1.54, 1.807) is 0 Å². The van der Waals surface area contributed by atoms with Crippen molar-refractivity contribution in [3.05, 3.63) is 60.5 Å². The van der Waals surface area contributed by atoms with Crippen LogP contribution in [0.1, 0.15) is 26.3 Å². The van der Waals surface area contributed by atoms with E-state index >= 15 is 0 Å². The van der Waals surface area contributed by atoms with Gasteiger partial charge in [-0.2, -0.15) is 0 Å². The topological polar surface area (TPSA) is 9.23 Å². The molecule has 0 N–H and O–H groups in total. The van der Waals surface area contributed by atoms with Gasteiger partial charge in [0.15, 0.2) is 0 Å². The fourth-order valence-electron chi connectivity index (χ4n) is 1.81. The SMILES string of the molecule is C=C[Si](C=C)(OCc1ccccc1)C(C)(C)C. The van der Waals surface area contributed by atoms with Gasteiger partial charge in [0, 0.05) is 0 Å². The average molecular weight is 246 g/mol. The van der Waals surface area contributed by atoms with Crippen molar-refractivity contribution in [1.29, 1.82) is 0 Å². The van der Waals surface area contributed by atoms with E-state index in [-0.39, 0.29) is 5.04 Å². The Morgan fingerprint density at radius 3 is 2.06 bits per heavy atom. The van der Waals surface area contributed by atoms with Gasteiger partial charge in [-0.05, 0) is 10.6 Å². The molecule has 0 radical (unpaired) electrons. The monoisotopic (exact) mass is 246 g/mol. The highest BCUT2D eigenvalue weighted by Crippen LogP contribution is 2.38. The van der Waals surface area contributed by atoms with Crippen LogP contribution in [-0.4, -0.2) is 8.32 Å². The standard InChI is InChI=1S/C15H22OSi/c1-6-17(7-2,15(3,4)5)16-13-14-11-9-8-10-12-14/h6-12H,1-2,13H2,3-5H3. The van der Waals surface area contributed by atoms with Crippen LogP contribution in [-0.2, 0) is 11.0 Å². The maximum absolute atomic E-state index is 6.18. The Kier molecular flexibility index (Phi) is 4.49. The zero-order valence-electron chi connectivity index (χ0n) is 11.1. The molecule has 17 heavy (non-hydrogen) atoms. The van der Waals surface area contributed by atoms with Crippen molar-refractivity contribution in [3.8, 4) is 0 Å². The van der Waals surface area contributed by atoms with Crippen LogP contribution in [0.3, 0.4) is 0 Å². The summed E-state index contributed by atoms with van der Waals surface area (Å²) in [5.41, 5.74) is 5.14. The summed E-state index contributed by atoms with van der Waals surface area (Å²) in [7, 11) is -2.10. The number of hydrogen-bond donors (Lipinski definition) is 0. The molecule has 1 rings (SSSR count). The van der Waals surface area contributed by atoms with Crippen molar-refractivity contribution in [2.75, 3.05) is 0 Å². The van der Waals surface area contributed by atoms with E-state index in [2.05, 4.69) is 46.1 Å². The molecule has 1 aromatic carbocycles. The molecule has 0 aliphatic carbocycles. The second-order valence-electron chi connectivity index (χ2n) is 5.23. The van der Waals surface area contributed by atoms with E-state index < -0.39 is 8.32 Å². The van der Waals surface area contributed by atoms with Crippen LogP contribution in [0.5, 0.6) is 0 Å². The Hall–Kier alpha value is -1.12. The molecule has 1 nitrogen and oxygen atoms in total. The van der Waals surface area contributed by atoms with Crippen LogP contribution in [0.15, 0.2) is 54.9 Å². The van der Waals surface area contributed by atoms with E-state index in [0.29, 0.717) is 6.61 Å². The number of hydrogen-bond acceptors (Lipinski definition) is 1. The normalized spacial score (nSPS) is 12.2. The van der Waals surface area contributed by atoms with Gasteiger partial charge in [-0.15, -0.1) is 13.2 Å². The lowest BCUT2D eigenvalue weighted by molar-refractivity contribution is 0.284. The first-order chi connectivity index (χ1) is 7.95. The Bertz CT molecular complexity index is 368. The summed E-state index contributed by atoms with van der Waals surface area (Å²) in [4.78, 5) is 0. The molecular formula is C15H22OSi. The molecule has 0 heterocycles. The second kappa shape index (κ2) is 5.47. The number of benzene rings is 1. The maximum atomic E-state index is 6.18. The maximum Gasteiger partial charge on any atom is 0.246 e. The molecule has 0 spiro atoms. The summed E-state index contributed by atoms with van der Waals surface area (Å²) in [6, 6.07) is 10.2. The minimum atomic E-state index is -2.10. The van der Waals surface area contributed by atoms with Gasteiger partial charge in [0.25, 0.3) is 0 Å². The summed E-state index contributed by atoms with van der Waals surface area (Å²) in [5.74, 6) is 0. The first kappa shape index (κ1) is 13.9. The van der Waals surface area contributed by atoms with Gasteiger partial charge in [-0.1, -0.05) is 62.5 Å². The highest BCUT2D eigenvalue weighted by molar-refractivity contribution is 6.85. The van der Waals surface area contributed by atoms with Crippen molar-refractivity contribution < 1.29 is 4.43 Å². The summed E-state index contributed by atoms with van der Waals surface area (Å²) < 4.78 is 6.18. The van der Waals surface area contributed by atoms with Crippen LogP contribution in [0.4, 0.5) is 0 Å². The Labute approximate surface area is 106 Å². The molecule has 92 valence electrons. The van der Waals surface area contributed by atoms with E-state index in [4.69, 9.17) is 4.43 Å². The third-order valence-electron chi connectivity index (χ3n) is 3.10. The molecule has 0 aliphatic heterocycles. The largest absolute Gasteiger partial charge is 0.404 e. The van der Waals surface area contributed by atoms with Crippen molar-refractivity contribution in [3.63, 3.8) is 0 Å². The molecule has 0 aliphatic rings. The van der Waals surface area contributed by atoms with Gasteiger partial charge >= 0.3 is 0 Å². The van der Waals surface area contributed by atoms with Gasteiger partial charge in [0.05, 0.1) is 6.61 Å². The van der Waals surface area contributed by atoms with Crippen LogP contribution in [0, 0.1) is 0 Å². The smallest absolute Gasteiger partial charge is 0.246 e. The molecule has 0 amide bonds. The van der Waals surface area contributed by atoms with E-state index in [0.717, 1.165) is 0 Å². The third kappa shape index (κ3) is 3.17. The quantitative estimate of drug-likeness (QED) is 0.700. The van der Waals surface area contributed by atoms with Crippen LogP contribution in [0.25, 0.3) is 0 Å². The van der Waals surface area contributed by atoms with Crippen LogP contribution in [0.2, 0.25) is 5.04 Å².